The molecular weight excluding hydrogens is 395 g/mol. The van der Waals surface area contributed by atoms with Crippen molar-refractivity contribution in [3.8, 4) is 0 Å². The number of hydrogen-bond donors (Lipinski definition) is 1. The molecule has 3 fully saturated rings. The number of hydrogen-bond acceptors (Lipinski definition) is 4. The van der Waals surface area contributed by atoms with E-state index in [2.05, 4.69) is 39.2 Å². The van der Waals surface area contributed by atoms with E-state index >= 15 is 0 Å². The Morgan fingerprint density at radius 1 is 1.25 bits per heavy atom. The van der Waals surface area contributed by atoms with E-state index in [0.717, 1.165) is 64.3 Å². The average Bonchev–Trinajstić information content (AvgIpc) is 3.40. The molecule has 1 N–H and O–H groups in total. The van der Waals surface area contributed by atoms with Gasteiger partial charge in [-0.2, -0.15) is 0 Å². The summed E-state index contributed by atoms with van der Waals surface area (Å²) in [6, 6.07) is 6.11. The van der Waals surface area contributed by atoms with Gasteiger partial charge in [-0.3, -0.25) is 4.79 Å². The van der Waals surface area contributed by atoms with Crippen LogP contribution in [-0.2, 0) is 4.79 Å². The Morgan fingerprint density at radius 2 is 1.96 bits per heavy atom. The lowest BCUT2D eigenvalue weighted by atomic mass is 9.91. The van der Waals surface area contributed by atoms with Crippen molar-refractivity contribution in [2.75, 3.05) is 44.2 Å². The maximum atomic E-state index is 13.1. The summed E-state index contributed by atoms with van der Waals surface area (Å²) < 4.78 is 0. The highest BCUT2D eigenvalue weighted by molar-refractivity contribution is 5.85. The van der Waals surface area contributed by atoms with E-state index in [-0.39, 0.29) is 24.8 Å². The third-order valence-corrected chi connectivity index (χ3v) is 6.85. The number of anilines is 1. The molecule has 5 nitrogen and oxygen atoms in total. The van der Waals surface area contributed by atoms with Crippen LogP contribution in [0.15, 0.2) is 24.4 Å². The average molecular weight is 429 g/mol. The van der Waals surface area contributed by atoms with E-state index in [1.165, 1.54) is 12.8 Å². The number of carbonyl (C=O) groups excluding carboxylic acids is 1. The number of aromatic nitrogens is 1. The Kier molecular flexibility index (Phi) is 8.41. The minimum Gasteiger partial charge on any atom is -0.357 e. The first kappa shape index (κ1) is 23.2. The fraction of sp³-hybridized carbons (Fsp3) is 0.714. The van der Waals surface area contributed by atoms with Crippen LogP contribution in [0.4, 0.5) is 5.82 Å². The smallest absolute Gasteiger partial charge is 0.226 e. The molecule has 158 valence electrons. The Morgan fingerprint density at radius 3 is 2.57 bits per heavy atom. The molecule has 7 heteroatoms. The second-order valence-electron chi connectivity index (χ2n) is 8.36. The van der Waals surface area contributed by atoms with Gasteiger partial charge in [0.05, 0.1) is 0 Å². The molecule has 1 unspecified atom stereocenters. The first-order valence-electron chi connectivity index (χ1n) is 10.4. The summed E-state index contributed by atoms with van der Waals surface area (Å²) in [7, 11) is 0. The van der Waals surface area contributed by atoms with Crippen molar-refractivity contribution in [1.29, 1.82) is 0 Å². The quantitative estimate of drug-likeness (QED) is 0.780. The van der Waals surface area contributed by atoms with Gasteiger partial charge in [0.1, 0.15) is 5.82 Å². The first-order chi connectivity index (χ1) is 12.7. The van der Waals surface area contributed by atoms with E-state index in [1.807, 2.05) is 12.3 Å². The molecule has 2 aliphatic heterocycles. The maximum Gasteiger partial charge on any atom is 0.226 e. The molecule has 3 aliphatic rings. The van der Waals surface area contributed by atoms with E-state index in [4.69, 9.17) is 0 Å². The summed E-state index contributed by atoms with van der Waals surface area (Å²) in [6.07, 6.45) is 7.67. The van der Waals surface area contributed by atoms with Gasteiger partial charge in [-0.05, 0) is 75.6 Å². The third kappa shape index (κ3) is 4.92. The highest BCUT2D eigenvalue weighted by Crippen LogP contribution is 2.59. The van der Waals surface area contributed by atoms with Crippen LogP contribution in [0.2, 0.25) is 0 Å². The van der Waals surface area contributed by atoms with Crippen molar-refractivity contribution in [1.82, 2.24) is 15.2 Å². The summed E-state index contributed by atoms with van der Waals surface area (Å²) in [5.74, 6) is 2.45. The summed E-state index contributed by atoms with van der Waals surface area (Å²) in [5, 5.41) is 3.43. The monoisotopic (exact) mass is 428 g/mol. The van der Waals surface area contributed by atoms with Gasteiger partial charge in [0, 0.05) is 38.3 Å². The minimum atomic E-state index is 0. The van der Waals surface area contributed by atoms with E-state index in [0.29, 0.717) is 23.2 Å². The fourth-order valence-corrected chi connectivity index (χ4v) is 4.97. The largest absolute Gasteiger partial charge is 0.357 e. The summed E-state index contributed by atoms with van der Waals surface area (Å²) in [6.45, 7) is 8.20. The Balaban J connectivity index is 0.00000140. The van der Waals surface area contributed by atoms with Crippen LogP contribution in [0.1, 0.15) is 39.0 Å². The molecule has 0 aromatic carbocycles. The first-order valence-corrected chi connectivity index (χ1v) is 10.4. The maximum absolute atomic E-state index is 13.1. The molecule has 1 spiro atoms. The Hall–Kier alpha value is -1.04. The third-order valence-electron chi connectivity index (χ3n) is 6.85. The van der Waals surface area contributed by atoms with Gasteiger partial charge in [-0.15, -0.1) is 24.8 Å². The molecule has 1 saturated carbocycles. The van der Waals surface area contributed by atoms with Gasteiger partial charge < -0.3 is 15.1 Å². The predicted molar refractivity (Wildman–Crippen MR) is 119 cm³/mol. The van der Waals surface area contributed by atoms with Gasteiger partial charge in [0.25, 0.3) is 0 Å². The van der Waals surface area contributed by atoms with Gasteiger partial charge in [0.15, 0.2) is 0 Å². The molecule has 3 heterocycles. The van der Waals surface area contributed by atoms with Crippen molar-refractivity contribution >= 4 is 36.5 Å². The van der Waals surface area contributed by atoms with Gasteiger partial charge >= 0.3 is 0 Å². The zero-order valence-electron chi connectivity index (χ0n) is 16.8. The number of piperidine rings is 2. The second-order valence-corrected chi connectivity index (χ2v) is 8.36. The molecule has 1 aromatic heterocycles. The topological polar surface area (TPSA) is 48.5 Å². The second kappa shape index (κ2) is 10.1. The van der Waals surface area contributed by atoms with Crippen LogP contribution >= 0.6 is 24.8 Å². The highest BCUT2D eigenvalue weighted by atomic mass is 35.5. The van der Waals surface area contributed by atoms with Crippen LogP contribution in [0.25, 0.3) is 0 Å². The van der Waals surface area contributed by atoms with Crippen molar-refractivity contribution < 1.29 is 4.79 Å². The van der Waals surface area contributed by atoms with Crippen LogP contribution in [0.5, 0.6) is 0 Å². The molecule has 28 heavy (non-hydrogen) atoms. The molecule has 2 saturated heterocycles. The number of rotatable bonds is 5. The van der Waals surface area contributed by atoms with Crippen molar-refractivity contribution in [3.63, 3.8) is 0 Å². The number of carbonyl (C=O) groups is 1. The lowest BCUT2D eigenvalue weighted by Gasteiger charge is -2.35. The van der Waals surface area contributed by atoms with Crippen molar-refractivity contribution in [2.24, 2.45) is 17.3 Å². The molecule has 1 aliphatic carbocycles. The molecule has 1 aromatic rings. The molecule has 1 amide bonds. The predicted octanol–water partition coefficient (Wildman–Crippen LogP) is 3.38. The standard InChI is InChI=1S/C21H32N4O.2ClH/c1-2-24(20(26)18-15-21(18)8-11-22-12-9-21)16-17-6-13-25(14-7-17)19-5-3-4-10-23-19;;/h3-5,10,17-18,22H,2,6-9,11-16H2,1H3;2*1H. The van der Waals surface area contributed by atoms with Crippen LogP contribution in [0, 0.1) is 17.3 Å². The van der Waals surface area contributed by atoms with Gasteiger partial charge in [-0.1, -0.05) is 6.07 Å². The van der Waals surface area contributed by atoms with E-state index < -0.39 is 0 Å². The SMILES string of the molecule is CCN(CC1CCN(c2ccccn2)CC1)C(=O)C1CC12CCNCC2.Cl.Cl. The number of pyridine rings is 1. The van der Waals surface area contributed by atoms with Crippen molar-refractivity contribution in [3.05, 3.63) is 24.4 Å². The Bertz CT molecular complexity index is 616. The highest BCUT2D eigenvalue weighted by Gasteiger charge is 2.58. The van der Waals surface area contributed by atoms with Crippen LogP contribution in [-0.4, -0.2) is 55.1 Å². The number of nitrogens with zero attached hydrogens (tertiary/aromatic N) is 3. The summed E-state index contributed by atoms with van der Waals surface area (Å²) in [5.41, 5.74) is 0.345. The summed E-state index contributed by atoms with van der Waals surface area (Å²) in [4.78, 5) is 22.1. The number of amides is 1. The minimum absolute atomic E-state index is 0. The zero-order chi connectivity index (χ0) is 18.0. The molecule has 1 atom stereocenters. The summed E-state index contributed by atoms with van der Waals surface area (Å²) >= 11 is 0. The molecule has 4 rings (SSSR count). The molecular formula is C21H34Cl2N4O. The normalized spacial score (nSPS) is 23.5. The van der Waals surface area contributed by atoms with E-state index in [9.17, 15) is 4.79 Å². The zero-order valence-corrected chi connectivity index (χ0v) is 18.4. The lowest BCUT2D eigenvalue weighted by molar-refractivity contribution is -0.134. The van der Waals surface area contributed by atoms with E-state index in [1.54, 1.807) is 0 Å². The van der Waals surface area contributed by atoms with Gasteiger partial charge in [0.2, 0.25) is 5.91 Å². The number of halogens is 2. The van der Waals surface area contributed by atoms with Crippen molar-refractivity contribution in [2.45, 2.75) is 39.0 Å². The molecule has 0 radical (unpaired) electrons. The Labute approximate surface area is 181 Å². The molecule has 0 bridgehead atoms. The van der Waals surface area contributed by atoms with Gasteiger partial charge in [-0.25, -0.2) is 4.98 Å². The fourth-order valence-electron chi connectivity index (χ4n) is 4.97. The van der Waals surface area contributed by atoms with Crippen LogP contribution in [0.3, 0.4) is 0 Å². The lowest BCUT2D eigenvalue weighted by Crippen LogP contribution is -2.42. The number of nitrogens with one attached hydrogen (secondary N) is 1. The van der Waals surface area contributed by atoms with Crippen LogP contribution < -0.4 is 10.2 Å².